The van der Waals surface area contributed by atoms with Gasteiger partial charge < -0.3 is 14.2 Å². The average Bonchev–Trinajstić information content (AvgIpc) is 2.87. The fourth-order valence-electron chi connectivity index (χ4n) is 5.25. The van der Waals surface area contributed by atoms with Crippen LogP contribution in [0.25, 0.3) is 10.8 Å². The molecule has 2 aliphatic rings. The Kier molecular flexibility index (Phi) is 7.17. The fraction of sp³-hybridized carbons (Fsp3) is 0.429. The second-order valence-corrected chi connectivity index (χ2v) is 9.85. The van der Waals surface area contributed by atoms with E-state index in [1.165, 1.54) is 18.2 Å². The topological polar surface area (TPSA) is 27.7 Å². The van der Waals surface area contributed by atoms with E-state index in [1.807, 2.05) is 0 Å². The van der Waals surface area contributed by atoms with E-state index in [9.17, 15) is 22.0 Å². The van der Waals surface area contributed by atoms with Crippen LogP contribution in [0.5, 0.6) is 5.75 Å². The highest BCUT2D eigenvalue weighted by Crippen LogP contribution is 2.40. The van der Waals surface area contributed by atoms with Crippen molar-refractivity contribution in [2.75, 3.05) is 19.8 Å². The average molecular weight is 507 g/mol. The number of halogens is 5. The molecule has 1 heterocycles. The van der Waals surface area contributed by atoms with Gasteiger partial charge in [-0.15, -0.1) is 0 Å². The lowest BCUT2D eigenvalue weighted by atomic mass is 9.78. The van der Waals surface area contributed by atoms with Crippen molar-refractivity contribution >= 4 is 10.8 Å². The Labute approximate surface area is 206 Å². The minimum atomic E-state index is -1.45. The van der Waals surface area contributed by atoms with E-state index in [1.54, 1.807) is 19.1 Å². The normalized spacial score (nSPS) is 24.7. The van der Waals surface area contributed by atoms with Crippen LogP contribution in [0.2, 0.25) is 0 Å². The van der Waals surface area contributed by atoms with Gasteiger partial charge in [0.1, 0.15) is 0 Å². The van der Waals surface area contributed by atoms with Gasteiger partial charge in [-0.1, -0.05) is 18.2 Å². The van der Waals surface area contributed by atoms with E-state index < -0.39 is 29.1 Å². The van der Waals surface area contributed by atoms with Crippen LogP contribution in [0, 0.1) is 47.8 Å². The predicted octanol–water partition coefficient (Wildman–Crippen LogP) is 7.19. The van der Waals surface area contributed by atoms with Gasteiger partial charge in [0.05, 0.1) is 19.8 Å². The summed E-state index contributed by atoms with van der Waals surface area (Å²) in [5, 5.41) is 0.422. The largest absolute Gasteiger partial charge is 0.487 e. The molecular weight excluding hydrogens is 479 g/mol. The molecule has 5 rings (SSSR count). The molecule has 0 amide bonds. The number of fused-ring (bicyclic) bond motifs is 1. The molecule has 1 aliphatic carbocycles. The van der Waals surface area contributed by atoms with Crippen molar-refractivity contribution in [1.29, 1.82) is 0 Å². The van der Waals surface area contributed by atoms with Crippen LogP contribution in [0.1, 0.15) is 42.7 Å². The van der Waals surface area contributed by atoms with E-state index in [2.05, 4.69) is 0 Å². The van der Waals surface area contributed by atoms with Gasteiger partial charge in [-0.05, 0) is 73.2 Å². The molecule has 36 heavy (non-hydrogen) atoms. The molecule has 0 bridgehead atoms. The smallest absolute Gasteiger partial charge is 0.195 e. The van der Waals surface area contributed by atoms with Crippen molar-refractivity contribution in [3.05, 3.63) is 76.6 Å². The Bertz CT molecular complexity index is 1220. The summed E-state index contributed by atoms with van der Waals surface area (Å²) < 4.78 is 86.4. The van der Waals surface area contributed by atoms with Gasteiger partial charge in [0.15, 0.2) is 41.1 Å². The summed E-state index contributed by atoms with van der Waals surface area (Å²) in [6, 6.07) is 8.53. The summed E-state index contributed by atoms with van der Waals surface area (Å²) in [5.74, 6) is -5.35. The molecule has 192 valence electrons. The van der Waals surface area contributed by atoms with Gasteiger partial charge in [0, 0.05) is 17.2 Å². The van der Waals surface area contributed by atoms with Gasteiger partial charge >= 0.3 is 0 Å². The third-order valence-electron chi connectivity index (χ3n) is 7.22. The van der Waals surface area contributed by atoms with Crippen LogP contribution >= 0.6 is 0 Å². The molecule has 0 radical (unpaired) electrons. The molecule has 1 aliphatic heterocycles. The van der Waals surface area contributed by atoms with Gasteiger partial charge in [0.25, 0.3) is 0 Å². The highest BCUT2D eigenvalue weighted by molar-refractivity contribution is 5.84. The SMILES string of the molecule is Cc1cc(F)c(OCC2COC(C3CCC(c4ccc5c(F)c(F)c(F)cc5c4)CC3)OC2)c(F)c1. The fourth-order valence-corrected chi connectivity index (χ4v) is 5.25. The summed E-state index contributed by atoms with van der Waals surface area (Å²) in [4.78, 5) is 0. The van der Waals surface area contributed by atoms with Crippen molar-refractivity contribution in [3.63, 3.8) is 0 Å². The second-order valence-electron chi connectivity index (χ2n) is 9.85. The van der Waals surface area contributed by atoms with E-state index in [0.29, 0.717) is 24.2 Å². The first-order valence-corrected chi connectivity index (χ1v) is 12.2. The molecule has 8 heteroatoms. The van der Waals surface area contributed by atoms with Crippen molar-refractivity contribution in [3.8, 4) is 5.75 Å². The summed E-state index contributed by atoms with van der Waals surface area (Å²) >= 11 is 0. The maximum atomic E-state index is 14.0. The number of hydrogen-bond donors (Lipinski definition) is 0. The first kappa shape index (κ1) is 25.0. The Morgan fingerprint density at radius 1 is 0.806 bits per heavy atom. The lowest BCUT2D eigenvalue weighted by molar-refractivity contribution is -0.231. The van der Waals surface area contributed by atoms with Gasteiger partial charge in [0.2, 0.25) is 0 Å². The van der Waals surface area contributed by atoms with E-state index in [4.69, 9.17) is 14.2 Å². The highest BCUT2D eigenvalue weighted by atomic mass is 19.2. The molecule has 3 aromatic rings. The third-order valence-corrected chi connectivity index (χ3v) is 7.22. The highest BCUT2D eigenvalue weighted by Gasteiger charge is 2.33. The van der Waals surface area contributed by atoms with Crippen molar-refractivity contribution in [2.24, 2.45) is 11.8 Å². The van der Waals surface area contributed by atoms with Crippen LogP contribution < -0.4 is 4.74 Å². The molecule has 3 nitrogen and oxygen atoms in total. The summed E-state index contributed by atoms with van der Waals surface area (Å²) in [6.45, 7) is 2.44. The Balaban J connectivity index is 1.12. The molecule has 0 N–H and O–H groups in total. The van der Waals surface area contributed by atoms with Crippen molar-refractivity contribution in [1.82, 2.24) is 0 Å². The number of rotatable bonds is 5. The summed E-state index contributed by atoms with van der Waals surface area (Å²) in [7, 11) is 0. The van der Waals surface area contributed by atoms with Crippen LogP contribution in [0.15, 0.2) is 36.4 Å². The predicted molar refractivity (Wildman–Crippen MR) is 124 cm³/mol. The first-order valence-electron chi connectivity index (χ1n) is 12.2. The lowest BCUT2D eigenvalue weighted by Crippen LogP contribution is -2.40. The monoisotopic (exact) mass is 506 g/mol. The lowest BCUT2D eigenvalue weighted by Gasteiger charge is -2.37. The second kappa shape index (κ2) is 10.3. The zero-order chi connectivity index (χ0) is 25.4. The molecule has 1 saturated carbocycles. The third kappa shape index (κ3) is 5.06. The molecule has 1 saturated heterocycles. The van der Waals surface area contributed by atoms with E-state index in [0.717, 1.165) is 37.3 Å². The van der Waals surface area contributed by atoms with Crippen molar-refractivity contribution in [2.45, 2.75) is 44.8 Å². The Hall–Kier alpha value is -2.71. The molecular formula is C28H27F5O3. The summed E-state index contributed by atoms with van der Waals surface area (Å²) in [5.41, 5.74) is 1.46. The van der Waals surface area contributed by atoms with Crippen molar-refractivity contribution < 1.29 is 36.2 Å². The number of benzene rings is 3. The summed E-state index contributed by atoms with van der Waals surface area (Å²) in [6.07, 6.45) is 3.10. The van der Waals surface area contributed by atoms with Crippen LogP contribution in [0.3, 0.4) is 0 Å². The molecule has 0 spiro atoms. The number of aryl methyl sites for hydroxylation is 1. The maximum absolute atomic E-state index is 14.0. The van der Waals surface area contributed by atoms with E-state index >= 15 is 0 Å². The minimum Gasteiger partial charge on any atom is -0.487 e. The van der Waals surface area contributed by atoms with Gasteiger partial charge in [-0.2, -0.15) is 0 Å². The zero-order valence-corrected chi connectivity index (χ0v) is 19.8. The van der Waals surface area contributed by atoms with Crippen LogP contribution in [-0.2, 0) is 9.47 Å². The van der Waals surface area contributed by atoms with Gasteiger partial charge in [-0.25, -0.2) is 22.0 Å². The Morgan fingerprint density at radius 3 is 2.14 bits per heavy atom. The first-order chi connectivity index (χ1) is 17.3. The number of ether oxygens (including phenoxy) is 3. The van der Waals surface area contributed by atoms with E-state index in [-0.39, 0.29) is 41.8 Å². The zero-order valence-electron chi connectivity index (χ0n) is 19.8. The molecule has 2 fully saturated rings. The van der Waals surface area contributed by atoms with Crippen LogP contribution in [-0.4, -0.2) is 26.1 Å². The molecule has 0 atom stereocenters. The number of hydrogen-bond acceptors (Lipinski definition) is 3. The quantitative estimate of drug-likeness (QED) is 0.271. The Morgan fingerprint density at radius 2 is 1.47 bits per heavy atom. The standard InChI is InChI=1S/C28H27F5O3/c1-15-8-23(30)27(24(31)9-15)34-12-16-13-35-28(36-14-16)18-4-2-17(3-5-18)19-6-7-21-20(10-19)11-22(29)26(33)25(21)32/h6-11,16-18,28H,2-5,12-14H2,1H3. The minimum absolute atomic E-state index is 0.0710. The maximum Gasteiger partial charge on any atom is 0.195 e. The molecule has 0 unspecified atom stereocenters. The molecule has 3 aromatic carbocycles. The molecule has 0 aromatic heterocycles. The van der Waals surface area contributed by atoms with Gasteiger partial charge in [-0.3, -0.25) is 0 Å². The van der Waals surface area contributed by atoms with Crippen LogP contribution in [0.4, 0.5) is 22.0 Å².